The lowest BCUT2D eigenvalue weighted by Crippen LogP contribution is -2.20. The van der Waals surface area contributed by atoms with Crippen molar-refractivity contribution in [1.29, 1.82) is 0 Å². The van der Waals surface area contributed by atoms with Crippen molar-refractivity contribution in [2.45, 2.75) is 18.9 Å². The van der Waals surface area contributed by atoms with Crippen LogP contribution in [0.2, 0.25) is 0 Å². The first kappa shape index (κ1) is 15.5. The van der Waals surface area contributed by atoms with E-state index in [2.05, 4.69) is 12.2 Å². The molecule has 112 valence electrons. The fourth-order valence-corrected chi connectivity index (χ4v) is 2.55. The molecule has 0 saturated heterocycles. The summed E-state index contributed by atoms with van der Waals surface area (Å²) in [6.45, 7) is 0.311. The summed E-state index contributed by atoms with van der Waals surface area (Å²) in [5.74, 6) is 0.428. The molecule has 21 heavy (non-hydrogen) atoms. The second-order valence-electron chi connectivity index (χ2n) is 4.93. The highest BCUT2D eigenvalue weighted by molar-refractivity contribution is 5.85. The summed E-state index contributed by atoms with van der Waals surface area (Å²) >= 11 is 0. The first-order valence-electron chi connectivity index (χ1n) is 6.71. The minimum absolute atomic E-state index is 0. The largest absolute Gasteiger partial charge is 0.504 e. The van der Waals surface area contributed by atoms with E-state index in [1.807, 2.05) is 6.08 Å². The van der Waals surface area contributed by atoms with E-state index < -0.39 is 0 Å². The van der Waals surface area contributed by atoms with Crippen LogP contribution >= 0.6 is 12.4 Å². The number of aromatic hydroxyl groups is 2. The van der Waals surface area contributed by atoms with Crippen molar-refractivity contribution in [3.63, 3.8) is 0 Å². The zero-order valence-electron chi connectivity index (χ0n) is 11.5. The van der Waals surface area contributed by atoms with Crippen molar-refractivity contribution in [2.24, 2.45) is 5.73 Å². The maximum Gasteiger partial charge on any atom is 0.165 e. The van der Waals surface area contributed by atoms with E-state index >= 15 is 0 Å². The number of rotatable bonds is 2. The molecule has 4 N–H and O–H groups in total. The molecule has 0 fully saturated rings. The van der Waals surface area contributed by atoms with E-state index in [4.69, 9.17) is 10.5 Å². The quantitative estimate of drug-likeness (QED) is 0.734. The predicted molar refractivity (Wildman–Crippen MR) is 84.3 cm³/mol. The van der Waals surface area contributed by atoms with Gasteiger partial charge in [0.25, 0.3) is 0 Å². The van der Waals surface area contributed by atoms with Crippen LogP contribution in [0.5, 0.6) is 11.5 Å². The molecule has 3 rings (SSSR count). The van der Waals surface area contributed by atoms with Crippen molar-refractivity contribution in [1.82, 2.24) is 0 Å². The summed E-state index contributed by atoms with van der Waals surface area (Å²) in [7, 11) is 0. The Morgan fingerprint density at radius 1 is 1.24 bits per heavy atom. The zero-order valence-corrected chi connectivity index (χ0v) is 12.3. The van der Waals surface area contributed by atoms with Gasteiger partial charge in [-0.05, 0) is 25.0 Å². The second-order valence-corrected chi connectivity index (χ2v) is 4.93. The lowest BCUT2D eigenvalue weighted by Gasteiger charge is -2.28. The molecule has 0 spiro atoms. The van der Waals surface area contributed by atoms with Crippen molar-refractivity contribution in [3.8, 4) is 11.5 Å². The number of fused-ring (bicyclic) bond motifs is 1. The number of benzene rings is 1. The number of halogens is 1. The molecule has 4 nitrogen and oxygen atoms in total. The van der Waals surface area contributed by atoms with Gasteiger partial charge in [-0.25, -0.2) is 0 Å². The molecule has 0 amide bonds. The van der Waals surface area contributed by atoms with Gasteiger partial charge in [-0.1, -0.05) is 24.3 Å². The van der Waals surface area contributed by atoms with Crippen LogP contribution in [0.1, 0.15) is 30.1 Å². The SMILES string of the molecule is Cl.NCC1OC(C2=CCCC=C2)=Cc2c1ccc(O)c2O. The molecular formula is C16H18ClNO3. The maximum absolute atomic E-state index is 10.0. The molecule has 5 heteroatoms. The molecule has 1 unspecified atom stereocenters. The minimum atomic E-state index is -0.312. The summed E-state index contributed by atoms with van der Waals surface area (Å²) in [4.78, 5) is 0. The molecule has 1 aromatic rings. The lowest BCUT2D eigenvalue weighted by atomic mass is 9.95. The van der Waals surface area contributed by atoms with Gasteiger partial charge in [0.1, 0.15) is 11.9 Å². The molecule has 1 aromatic carbocycles. The number of nitrogens with two attached hydrogens (primary N) is 1. The van der Waals surface area contributed by atoms with Gasteiger partial charge in [-0.3, -0.25) is 0 Å². The molecule has 0 aromatic heterocycles. The number of phenolic OH excluding ortho intramolecular Hbond substituents is 2. The summed E-state index contributed by atoms with van der Waals surface area (Å²) in [6.07, 6.45) is 9.65. The van der Waals surface area contributed by atoms with Gasteiger partial charge in [0.2, 0.25) is 0 Å². The van der Waals surface area contributed by atoms with Gasteiger partial charge >= 0.3 is 0 Å². The molecule has 0 bridgehead atoms. The van der Waals surface area contributed by atoms with E-state index in [1.54, 1.807) is 12.1 Å². The van der Waals surface area contributed by atoms with Crippen molar-refractivity contribution < 1.29 is 14.9 Å². The Labute approximate surface area is 129 Å². The first-order chi connectivity index (χ1) is 9.70. The number of hydrogen-bond donors (Lipinski definition) is 3. The maximum atomic E-state index is 10.0. The minimum Gasteiger partial charge on any atom is -0.504 e. The third kappa shape index (κ3) is 2.77. The second kappa shape index (κ2) is 6.24. The fourth-order valence-electron chi connectivity index (χ4n) is 2.55. The van der Waals surface area contributed by atoms with Crippen LogP contribution in [0.25, 0.3) is 6.08 Å². The van der Waals surface area contributed by atoms with E-state index in [0.717, 1.165) is 24.0 Å². The fraction of sp³-hybridized carbons (Fsp3) is 0.250. The van der Waals surface area contributed by atoms with Crippen molar-refractivity contribution >= 4 is 18.5 Å². The van der Waals surface area contributed by atoms with Gasteiger partial charge in [0, 0.05) is 23.2 Å². The third-order valence-electron chi connectivity index (χ3n) is 3.61. The molecule has 0 radical (unpaired) electrons. The van der Waals surface area contributed by atoms with Gasteiger partial charge < -0.3 is 20.7 Å². The van der Waals surface area contributed by atoms with Crippen molar-refractivity contribution in [3.05, 3.63) is 52.8 Å². The van der Waals surface area contributed by atoms with Gasteiger partial charge in [0.15, 0.2) is 11.5 Å². The van der Waals surface area contributed by atoms with E-state index in [0.29, 0.717) is 17.9 Å². The summed E-state index contributed by atoms with van der Waals surface area (Å²) in [6, 6.07) is 3.19. The van der Waals surface area contributed by atoms with Gasteiger partial charge in [0.05, 0.1) is 0 Å². The average molecular weight is 308 g/mol. The van der Waals surface area contributed by atoms with E-state index in [1.165, 1.54) is 6.07 Å². The molecular weight excluding hydrogens is 290 g/mol. The Balaban J connectivity index is 0.00000161. The Hall–Kier alpha value is -1.91. The van der Waals surface area contributed by atoms with Crippen LogP contribution in [0.15, 0.2) is 41.7 Å². The Morgan fingerprint density at radius 2 is 2.05 bits per heavy atom. The van der Waals surface area contributed by atoms with Crippen LogP contribution in [-0.2, 0) is 4.74 Å². The molecule has 1 aliphatic carbocycles. The molecule has 2 aliphatic rings. The van der Waals surface area contributed by atoms with Gasteiger partial charge in [-0.2, -0.15) is 0 Å². The van der Waals surface area contributed by atoms with Crippen LogP contribution in [0, 0.1) is 0 Å². The van der Waals surface area contributed by atoms with Crippen LogP contribution in [0.4, 0.5) is 0 Å². The standard InChI is InChI=1S/C16H17NO3.ClH/c17-9-15-11-6-7-13(18)16(19)12(11)8-14(20-15)10-4-2-1-3-5-10;/h2,4-8,15,18-19H,1,3,9,17H2;1H. The van der Waals surface area contributed by atoms with Crippen LogP contribution in [0.3, 0.4) is 0 Å². The summed E-state index contributed by atoms with van der Waals surface area (Å²) < 4.78 is 5.92. The normalized spacial score (nSPS) is 19.8. The number of hydrogen-bond acceptors (Lipinski definition) is 4. The highest BCUT2D eigenvalue weighted by Gasteiger charge is 2.26. The summed E-state index contributed by atoms with van der Waals surface area (Å²) in [5.41, 5.74) is 8.14. The Kier molecular flexibility index (Phi) is 4.60. The zero-order chi connectivity index (χ0) is 14.1. The van der Waals surface area contributed by atoms with Crippen LogP contribution < -0.4 is 5.73 Å². The lowest BCUT2D eigenvalue weighted by molar-refractivity contribution is 0.128. The molecule has 1 atom stereocenters. The summed E-state index contributed by atoms with van der Waals surface area (Å²) in [5, 5.41) is 19.7. The van der Waals surface area contributed by atoms with E-state index in [-0.39, 0.29) is 30.0 Å². The number of phenols is 2. The average Bonchev–Trinajstić information content (AvgIpc) is 2.51. The smallest absolute Gasteiger partial charge is 0.165 e. The number of allylic oxidation sites excluding steroid dienone is 3. The van der Waals surface area contributed by atoms with Crippen LogP contribution in [-0.4, -0.2) is 16.8 Å². The molecule has 1 aliphatic heterocycles. The molecule has 0 saturated carbocycles. The first-order valence-corrected chi connectivity index (χ1v) is 6.71. The van der Waals surface area contributed by atoms with Gasteiger partial charge in [-0.15, -0.1) is 12.4 Å². The Morgan fingerprint density at radius 3 is 2.71 bits per heavy atom. The van der Waals surface area contributed by atoms with Crippen molar-refractivity contribution in [2.75, 3.05) is 6.54 Å². The molecule has 1 heterocycles. The number of ether oxygens (including phenoxy) is 1. The predicted octanol–water partition coefficient (Wildman–Crippen LogP) is 3.17. The van der Waals surface area contributed by atoms with E-state index in [9.17, 15) is 10.2 Å². The Bertz CT molecular complexity index is 635. The topological polar surface area (TPSA) is 75.7 Å². The highest BCUT2D eigenvalue weighted by Crippen LogP contribution is 2.42. The third-order valence-corrected chi connectivity index (χ3v) is 3.61. The monoisotopic (exact) mass is 307 g/mol. The highest BCUT2D eigenvalue weighted by atomic mass is 35.5.